The predicted octanol–water partition coefficient (Wildman–Crippen LogP) is 1.70. The first-order valence-corrected chi connectivity index (χ1v) is 6.64. The lowest BCUT2D eigenvalue weighted by molar-refractivity contribution is -0.136. The summed E-state index contributed by atoms with van der Waals surface area (Å²) in [4.78, 5) is 11.4. The molecule has 21 heavy (non-hydrogen) atoms. The number of nitrogens with zero attached hydrogens (tertiary/aromatic N) is 1. The van der Waals surface area contributed by atoms with Crippen LogP contribution < -0.4 is 14.9 Å². The van der Waals surface area contributed by atoms with Gasteiger partial charge in [-0.05, 0) is 51.5 Å². The molecule has 0 radical (unpaired) electrons. The van der Waals surface area contributed by atoms with Gasteiger partial charge in [-0.1, -0.05) is 0 Å². The number of amides is 1. The second-order valence-corrected chi connectivity index (χ2v) is 5.34. The van der Waals surface area contributed by atoms with E-state index in [1.807, 2.05) is 13.8 Å². The van der Waals surface area contributed by atoms with Crippen LogP contribution in [-0.2, 0) is 4.79 Å². The minimum atomic E-state index is -1.47. The van der Waals surface area contributed by atoms with Gasteiger partial charge in [-0.2, -0.15) is 5.10 Å². The van der Waals surface area contributed by atoms with Crippen molar-refractivity contribution in [3.63, 3.8) is 0 Å². The molecule has 0 unspecified atom stereocenters. The quantitative estimate of drug-likeness (QED) is 0.618. The highest BCUT2D eigenvalue weighted by atomic mass is 16.5. The number of benzene rings is 1. The zero-order valence-corrected chi connectivity index (χ0v) is 13.0. The molecule has 116 valence electrons. The first kappa shape index (κ1) is 17.0. The Morgan fingerprint density at radius 2 is 2.05 bits per heavy atom. The monoisotopic (exact) mass is 294 g/mol. The molecule has 0 aliphatic rings. The molecule has 1 rings (SSSR count). The van der Waals surface area contributed by atoms with Gasteiger partial charge >= 0.3 is 0 Å². The number of hydrazone groups is 1. The minimum Gasteiger partial charge on any atom is -0.493 e. The molecule has 0 saturated carbocycles. The molecule has 2 N–H and O–H groups in total. The van der Waals surface area contributed by atoms with E-state index in [4.69, 9.17) is 9.47 Å². The third kappa shape index (κ3) is 5.43. The van der Waals surface area contributed by atoms with Crippen LogP contribution in [-0.4, -0.2) is 36.0 Å². The Bertz CT molecular complexity index is 519. The van der Waals surface area contributed by atoms with Crippen molar-refractivity contribution in [3.05, 3.63) is 23.8 Å². The molecule has 0 fully saturated rings. The Morgan fingerprint density at radius 3 is 2.57 bits per heavy atom. The van der Waals surface area contributed by atoms with Crippen molar-refractivity contribution in [1.29, 1.82) is 0 Å². The fourth-order valence-electron chi connectivity index (χ4n) is 1.42. The second-order valence-electron chi connectivity index (χ2n) is 5.34. The zero-order chi connectivity index (χ0) is 16.0. The van der Waals surface area contributed by atoms with Gasteiger partial charge < -0.3 is 14.6 Å². The van der Waals surface area contributed by atoms with Crippen molar-refractivity contribution in [1.82, 2.24) is 5.43 Å². The van der Waals surface area contributed by atoms with E-state index in [0.717, 1.165) is 5.56 Å². The first-order valence-electron chi connectivity index (χ1n) is 6.64. The van der Waals surface area contributed by atoms with E-state index in [0.29, 0.717) is 11.5 Å². The van der Waals surface area contributed by atoms with E-state index in [-0.39, 0.29) is 6.10 Å². The SMILES string of the molecule is COc1ccc(/C=N/NC(=O)C(C)(C)O)cc1OC(C)C. The largest absolute Gasteiger partial charge is 0.493 e. The number of ether oxygens (including phenoxy) is 2. The average molecular weight is 294 g/mol. The highest BCUT2D eigenvalue weighted by Gasteiger charge is 2.22. The lowest BCUT2D eigenvalue weighted by Crippen LogP contribution is -2.39. The summed E-state index contributed by atoms with van der Waals surface area (Å²) in [6.07, 6.45) is 1.48. The highest BCUT2D eigenvalue weighted by molar-refractivity contribution is 5.86. The summed E-state index contributed by atoms with van der Waals surface area (Å²) in [5.41, 5.74) is 1.54. The third-order valence-corrected chi connectivity index (χ3v) is 2.49. The summed E-state index contributed by atoms with van der Waals surface area (Å²) in [5, 5.41) is 13.3. The van der Waals surface area contributed by atoms with E-state index in [1.54, 1.807) is 25.3 Å². The fourth-order valence-corrected chi connectivity index (χ4v) is 1.42. The molecule has 0 atom stereocenters. The van der Waals surface area contributed by atoms with Crippen LogP contribution in [0.2, 0.25) is 0 Å². The summed E-state index contributed by atoms with van der Waals surface area (Å²) >= 11 is 0. The van der Waals surface area contributed by atoms with Gasteiger partial charge in [-0.25, -0.2) is 5.43 Å². The number of carbonyl (C=O) groups excluding carboxylic acids is 1. The van der Waals surface area contributed by atoms with Gasteiger partial charge in [0.2, 0.25) is 0 Å². The van der Waals surface area contributed by atoms with Crippen LogP contribution in [0.1, 0.15) is 33.3 Å². The molecule has 1 aromatic carbocycles. The normalized spacial score (nSPS) is 11.8. The second kappa shape index (κ2) is 7.08. The van der Waals surface area contributed by atoms with Gasteiger partial charge in [0.05, 0.1) is 19.4 Å². The molecule has 0 bridgehead atoms. The van der Waals surface area contributed by atoms with Crippen molar-refractivity contribution < 1.29 is 19.4 Å². The first-order chi connectivity index (χ1) is 9.74. The zero-order valence-electron chi connectivity index (χ0n) is 13.0. The van der Waals surface area contributed by atoms with Gasteiger partial charge in [0.15, 0.2) is 11.5 Å². The van der Waals surface area contributed by atoms with Crippen LogP contribution in [0.25, 0.3) is 0 Å². The van der Waals surface area contributed by atoms with Gasteiger partial charge in [0.1, 0.15) is 5.60 Å². The maximum absolute atomic E-state index is 11.4. The van der Waals surface area contributed by atoms with Crippen LogP contribution in [0.5, 0.6) is 11.5 Å². The van der Waals surface area contributed by atoms with Crippen molar-refractivity contribution in [2.45, 2.75) is 39.4 Å². The molecule has 1 aromatic rings. The summed E-state index contributed by atoms with van der Waals surface area (Å²) < 4.78 is 10.9. The predicted molar refractivity (Wildman–Crippen MR) is 80.8 cm³/mol. The Kier molecular flexibility index (Phi) is 5.72. The van der Waals surface area contributed by atoms with E-state index >= 15 is 0 Å². The van der Waals surface area contributed by atoms with Gasteiger partial charge in [0, 0.05) is 0 Å². The summed E-state index contributed by atoms with van der Waals surface area (Å²) in [6, 6.07) is 5.31. The Hall–Kier alpha value is -2.08. The molecule has 1 amide bonds. The molecular weight excluding hydrogens is 272 g/mol. The molecule has 0 spiro atoms. The van der Waals surface area contributed by atoms with E-state index in [1.165, 1.54) is 20.1 Å². The summed E-state index contributed by atoms with van der Waals surface area (Å²) in [6.45, 7) is 6.62. The fraction of sp³-hybridized carbons (Fsp3) is 0.467. The average Bonchev–Trinajstić information content (AvgIpc) is 2.37. The molecule has 0 heterocycles. The molecular formula is C15H22N2O4. The van der Waals surface area contributed by atoms with E-state index in [9.17, 15) is 9.90 Å². The Labute approximate surface area is 124 Å². The van der Waals surface area contributed by atoms with Gasteiger partial charge in [-0.3, -0.25) is 4.79 Å². The molecule has 6 heteroatoms. The summed E-state index contributed by atoms with van der Waals surface area (Å²) in [5.74, 6) is 0.651. The van der Waals surface area contributed by atoms with Crippen LogP contribution in [0.4, 0.5) is 0 Å². The lowest BCUT2D eigenvalue weighted by atomic mass is 10.1. The van der Waals surface area contributed by atoms with Crippen LogP contribution in [0.15, 0.2) is 23.3 Å². The van der Waals surface area contributed by atoms with Crippen molar-refractivity contribution in [2.75, 3.05) is 7.11 Å². The van der Waals surface area contributed by atoms with Crippen molar-refractivity contribution >= 4 is 12.1 Å². The van der Waals surface area contributed by atoms with Crippen LogP contribution >= 0.6 is 0 Å². The van der Waals surface area contributed by atoms with Gasteiger partial charge in [0.25, 0.3) is 5.91 Å². The number of methoxy groups -OCH3 is 1. The topological polar surface area (TPSA) is 80.2 Å². The number of rotatable bonds is 6. The van der Waals surface area contributed by atoms with Crippen molar-refractivity contribution in [2.24, 2.45) is 5.10 Å². The van der Waals surface area contributed by atoms with Crippen molar-refractivity contribution in [3.8, 4) is 11.5 Å². The molecule has 0 saturated heterocycles. The maximum atomic E-state index is 11.4. The molecule has 0 aliphatic carbocycles. The van der Waals surface area contributed by atoms with Gasteiger partial charge in [-0.15, -0.1) is 0 Å². The molecule has 0 aliphatic heterocycles. The molecule has 6 nitrogen and oxygen atoms in total. The lowest BCUT2D eigenvalue weighted by Gasteiger charge is -2.14. The number of nitrogens with one attached hydrogen (secondary N) is 1. The smallest absolute Gasteiger partial charge is 0.271 e. The number of aliphatic hydroxyl groups is 1. The maximum Gasteiger partial charge on any atom is 0.271 e. The highest BCUT2D eigenvalue weighted by Crippen LogP contribution is 2.28. The van der Waals surface area contributed by atoms with E-state index in [2.05, 4.69) is 10.5 Å². The summed E-state index contributed by atoms with van der Waals surface area (Å²) in [7, 11) is 1.57. The van der Waals surface area contributed by atoms with E-state index < -0.39 is 11.5 Å². The van der Waals surface area contributed by atoms with Crippen LogP contribution in [0, 0.1) is 0 Å². The number of hydrogen-bond donors (Lipinski definition) is 2. The Morgan fingerprint density at radius 1 is 1.38 bits per heavy atom. The van der Waals surface area contributed by atoms with Crippen LogP contribution in [0.3, 0.4) is 0 Å². The third-order valence-electron chi connectivity index (χ3n) is 2.49. The number of carbonyl (C=O) groups is 1. The standard InChI is InChI=1S/C15H22N2O4/c1-10(2)21-13-8-11(6-7-12(13)20-5)9-16-17-14(18)15(3,4)19/h6-10,19H,1-5H3,(H,17,18)/b16-9+. The number of hydrogen-bond acceptors (Lipinski definition) is 5. The molecule has 0 aromatic heterocycles. The minimum absolute atomic E-state index is 0.0148. The Balaban J connectivity index is 2.82.